The van der Waals surface area contributed by atoms with E-state index in [0.29, 0.717) is 18.5 Å². The van der Waals surface area contributed by atoms with Crippen LogP contribution in [-0.4, -0.2) is 70.3 Å². The molecule has 0 bridgehead atoms. The molecule has 0 fully saturated rings. The third-order valence-corrected chi connectivity index (χ3v) is 12.1. The first-order chi connectivity index (χ1) is 31.4. The number of carbonyl (C=O) groups is 5. The van der Waals surface area contributed by atoms with Gasteiger partial charge in [0.25, 0.3) is 5.91 Å². The smallest absolute Gasteiger partial charge is 0.326 e. The minimum atomic E-state index is -1.25. The van der Waals surface area contributed by atoms with Gasteiger partial charge in [-0.2, -0.15) is 0 Å². The molecule has 0 aliphatic carbocycles. The molecule has 7 rings (SSSR count). The summed E-state index contributed by atoms with van der Waals surface area (Å²) in [5.41, 5.74) is 16.4. The van der Waals surface area contributed by atoms with Crippen LogP contribution in [0.15, 0.2) is 152 Å². The molecule has 0 saturated heterocycles. The fourth-order valence-corrected chi connectivity index (χ4v) is 8.52. The molecule has 0 aromatic heterocycles. The van der Waals surface area contributed by atoms with Crippen molar-refractivity contribution >= 4 is 29.6 Å². The molecule has 6 aromatic rings. The van der Waals surface area contributed by atoms with E-state index in [1.54, 1.807) is 24.3 Å². The summed E-state index contributed by atoms with van der Waals surface area (Å²) in [5.74, 6) is -3.05. The topological polar surface area (TPSA) is 171 Å². The number of hydrogen-bond donors (Lipinski definition) is 5. The number of benzene rings is 6. The van der Waals surface area contributed by atoms with E-state index in [-0.39, 0.29) is 38.1 Å². The Morgan fingerprint density at radius 1 is 0.646 bits per heavy atom. The molecule has 1 aliphatic heterocycles. The van der Waals surface area contributed by atoms with Crippen molar-refractivity contribution in [2.45, 2.75) is 76.7 Å². The molecule has 11 nitrogen and oxygen atoms in total. The van der Waals surface area contributed by atoms with E-state index in [2.05, 4.69) is 52.3 Å². The molecule has 0 saturated carbocycles. The molecule has 4 amide bonds. The minimum Gasteiger partial charge on any atom is -0.480 e. The van der Waals surface area contributed by atoms with E-state index >= 15 is 0 Å². The van der Waals surface area contributed by atoms with Crippen molar-refractivity contribution in [1.29, 1.82) is 0 Å². The first-order valence-electron chi connectivity index (χ1n) is 22.0. The lowest BCUT2D eigenvalue weighted by Crippen LogP contribution is -2.60. The van der Waals surface area contributed by atoms with E-state index in [1.807, 2.05) is 105 Å². The van der Waals surface area contributed by atoms with Gasteiger partial charge in [0, 0.05) is 37.9 Å². The summed E-state index contributed by atoms with van der Waals surface area (Å²) in [4.78, 5) is 70.1. The maximum atomic E-state index is 14.5. The molecule has 1 heterocycles. The van der Waals surface area contributed by atoms with Gasteiger partial charge in [-0.05, 0) is 94.5 Å². The summed E-state index contributed by atoms with van der Waals surface area (Å²) in [5, 5.41) is 18.7. The van der Waals surface area contributed by atoms with Crippen molar-refractivity contribution in [1.82, 2.24) is 20.9 Å². The standard InChI is InChI=1S/C54H55N5O6/c1-35-28-44(50(60)56-27-26-37-22-24-41(25-23-37)40-18-10-5-11-19-40)29-36(2)45(35)33-46(55)53(63)59-34-43-21-13-12-20-42(43)32-49(59)52(62)57-47(30-38-14-6-3-7-15-38)51(61)58-48(54(64)65)31-39-16-8-4-9-17-39/h3-25,28-29,46-49H,26-27,30-34,55H2,1-2H3,(H,56,60)(H,57,62)(H,58,61)(H,64,65)/t46-,47-,48-,49-/m0/s1. The second-order valence-corrected chi connectivity index (χ2v) is 16.8. The van der Waals surface area contributed by atoms with E-state index in [0.717, 1.165) is 55.6 Å². The highest BCUT2D eigenvalue weighted by Gasteiger charge is 2.38. The van der Waals surface area contributed by atoms with Crippen LogP contribution in [0.4, 0.5) is 0 Å². The molecule has 0 radical (unpaired) electrons. The van der Waals surface area contributed by atoms with Gasteiger partial charge in [-0.3, -0.25) is 19.2 Å². The maximum absolute atomic E-state index is 14.5. The average molecular weight is 870 g/mol. The predicted octanol–water partition coefficient (Wildman–Crippen LogP) is 6.31. The van der Waals surface area contributed by atoms with E-state index in [9.17, 15) is 29.1 Å². The molecule has 6 aromatic carbocycles. The van der Waals surface area contributed by atoms with Crippen molar-refractivity contribution in [3.8, 4) is 11.1 Å². The number of amides is 4. The SMILES string of the molecule is Cc1cc(C(=O)NCCc2ccc(-c3ccccc3)cc2)cc(C)c1C[C@H](N)C(=O)N1Cc2ccccc2C[C@H]1C(=O)N[C@@H](Cc1ccccc1)C(=O)N[C@@H](Cc1ccccc1)C(=O)O. The normalized spacial score (nSPS) is 14.6. The van der Waals surface area contributed by atoms with E-state index in [4.69, 9.17) is 5.73 Å². The zero-order valence-electron chi connectivity index (χ0n) is 36.7. The molecule has 4 atom stereocenters. The number of aryl methyl sites for hydroxylation is 2. The number of carbonyl (C=O) groups excluding carboxylic acids is 4. The molecule has 6 N–H and O–H groups in total. The van der Waals surface area contributed by atoms with Crippen LogP contribution in [0.1, 0.15) is 54.9 Å². The van der Waals surface area contributed by atoms with Gasteiger partial charge >= 0.3 is 5.97 Å². The number of nitrogens with one attached hydrogen (secondary N) is 3. The van der Waals surface area contributed by atoms with Crippen molar-refractivity contribution in [3.05, 3.63) is 202 Å². The highest BCUT2D eigenvalue weighted by molar-refractivity contribution is 5.96. The average Bonchev–Trinajstić information content (AvgIpc) is 3.32. The van der Waals surface area contributed by atoms with E-state index < -0.39 is 47.9 Å². The van der Waals surface area contributed by atoms with Gasteiger partial charge in [0.2, 0.25) is 17.7 Å². The summed E-state index contributed by atoms with van der Waals surface area (Å²) in [7, 11) is 0. The molecule has 65 heavy (non-hydrogen) atoms. The van der Waals surface area contributed by atoms with Crippen LogP contribution in [0.5, 0.6) is 0 Å². The highest BCUT2D eigenvalue weighted by atomic mass is 16.4. The van der Waals surface area contributed by atoms with Crippen LogP contribution in [-0.2, 0) is 57.8 Å². The van der Waals surface area contributed by atoms with Gasteiger partial charge in [-0.15, -0.1) is 0 Å². The molecule has 11 heteroatoms. The Hall–Kier alpha value is -7.37. The lowest BCUT2D eigenvalue weighted by molar-refractivity contribution is -0.144. The van der Waals surface area contributed by atoms with Crippen molar-refractivity contribution in [3.63, 3.8) is 0 Å². The van der Waals surface area contributed by atoms with Crippen LogP contribution >= 0.6 is 0 Å². The lowest BCUT2D eigenvalue weighted by atomic mass is 9.90. The summed E-state index contributed by atoms with van der Waals surface area (Å²) < 4.78 is 0. The zero-order chi connectivity index (χ0) is 45.9. The van der Waals surface area contributed by atoms with Crippen molar-refractivity contribution in [2.24, 2.45) is 5.73 Å². The first-order valence-corrected chi connectivity index (χ1v) is 22.0. The van der Waals surface area contributed by atoms with Gasteiger partial charge < -0.3 is 31.7 Å². The van der Waals surface area contributed by atoms with Crippen LogP contribution < -0.4 is 21.7 Å². The third kappa shape index (κ3) is 11.8. The van der Waals surface area contributed by atoms with Crippen LogP contribution in [0, 0.1) is 13.8 Å². The highest BCUT2D eigenvalue weighted by Crippen LogP contribution is 2.26. The van der Waals surface area contributed by atoms with Crippen LogP contribution in [0.2, 0.25) is 0 Å². The second-order valence-electron chi connectivity index (χ2n) is 16.8. The third-order valence-electron chi connectivity index (χ3n) is 12.1. The van der Waals surface area contributed by atoms with E-state index in [1.165, 1.54) is 4.90 Å². The zero-order valence-corrected chi connectivity index (χ0v) is 36.7. The summed E-state index contributed by atoms with van der Waals surface area (Å²) in [6.07, 6.45) is 1.17. The van der Waals surface area contributed by atoms with Gasteiger partial charge in [-0.1, -0.05) is 140 Å². The largest absolute Gasteiger partial charge is 0.480 e. The summed E-state index contributed by atoms with van der Waals surface area (Å²) in [6.45, 7) is 4.38. The Bertz CT molecular complexity index is 2600. The fraction of sp³-hybridized carbons (Fsp3) is 0.241. The number of hydrogen-bond acceptors (Lipinski definition) is 6. The van der Waals surface area contributed by atoms with Crippen molar-refractivity contribution < 1.29 is 29.1 Å². The van der Waals surface area contributed by atoms with Gasteiger partial charge in [0.05, 0.1) is 6.04 Å². The minimum absolute atomic E-state index is 0.0495. The van der Waals surface area contributed by atoms with Crippen LogP contribution in [0.3, 0.4) is 0 Å². The quantitative estimate of drug-likeness (QED) is 0.0716. The molecule has 332 valence electrons. The molecule has 1 aliphatic rings. The van der Waals surface area contributed by atoms with Gasteiger partial charge in [-0.25, -0.2) is 4.79 Å². The molecular weight excluding hydrogens is 815 g/mol. The Kier molecular flexibility index (Phi) is 15.0. The van der Waals surface area contributed by atoms with Crippen LogP contribution in [0.25, 0.3) is 11.1 Å². The Balaban J connectivity index is 1.03. The van der Waals surface area contributed by atoms with Crippen molar-refractivity contribution in [2.75, 3.05) is 6.54 Å². The summed E-state index contributed by atoms with van der Waals surface area (Å²) in [6, 6.07) is 43.4. The van der Waals surface area contributed by atoms with Gasteiger partial charge in [0.15, 0.2) is 0 Å². The molecular formula is C54H55N5O6. The Labute approximate surface area is 380 Å². The monoisotopic (exact) mass is 869 g/mol. The first kappa shape index (κ1) is 45.6. The lowest BCUT2D eigenvalue weighted by Gasteiger charge is -2.38. The Morgan fingerprint density at radius 2 is 1.18 bits per heavy atom. The fourth-order valence-electron chi connectivity index (χ4n) is 8.52. The molecule has 0 unspecified atom stereocenters. The summed E-state index contributed by atoms with van der Waals surface area (Å²) >= 11 is 0. The number of rotatable bonds is 17. The number of nitrogens with zero attached hydrogens (tertiary/aromatic N) is 1. The predicted molar refractivity (Wildman–Crippen MR) is 252 cm³/mol. The number of aliphatic carboxylic acids is 1. The number of fused-ring (bicyclic) bond motifs is 1. The Morgan fingerprint density at radius 3 is 1.78 bits per heavy atom. The second kappa shape index (κ2) is 21.3. The molecule has 0 spiro atoms. The number of carboxylic acids is 1. The maximum Gasteiger partial charge on any atom is 0.326 e. The van der Waals surface area contributed by atoms with Gasteiger partial charge in [0.1, 0.15) is 18.1 Å². The number of carboxylic acid groups (broad SMARTS) is 1. The number of nitrogens with two attached hydrogens (primary N) is 1.